The minimum absolute atomic E-state index is 0.0218. The Balaban J connectivity index is 1.70. The summed E-state index contributed by atoms with van der Waals surface area (Å²) in [5.74, 6) is -0.112. The number of hydrogen-bond acceptors (Lipinski definition) is 3. The molecule has 1 aromatic heterocycles. The van der Waals surface area contributed by atoms with Gasteiger partial charge in [-0.05, 0) is 49.6 Å². The number of hydrogen-bond donors (Lipinski definition) is 1. The first-order valence-corrected chi connectivity index (χ1v) is 8.28. The van der Waals surface area contributed by atoms with Gasteiger partial charge < -0.3 is 5.32 Å². The molecule has 1 saturated carbocycles. The molecule has 0 saturated heterocycles. The van der Waals surface area contributed by atoms with Crippen LogP contribution in [0.25, 0.3) is 0 Å². The van der Waals surface area contributed by atoms with Crippen LogP contribution >= 0.6 is 0 Å². The molecule has 2 aliphatic rings. The lowest BCUT2D eigenvalue weighted by atomic mass is 10.1. The predicted octanol–water partition coefficient (Wildman–Crippen LogP) is 2.76. The van der Waals surface area contributed by atoms with Gasteiger partial charge >= 0.3 is 0 Å². The van der Waals surface area contributed by atoms with Gasteiger partial charge in [0.05, 0.1) is 23.7 Å². The maximum absolute atomic E-state index is 12.9. The van der Waals surface area contributed by atoms with Gasteiger partial charge in [-0.3, -0.25) is 19.5 Å². The van der Waals surface area contributed by atoms with E-state index in [9.17, 15) is 9.59 Å². The third-order valence-electron chi connectivity index (χ3n) is 4.52. The zero-order valence-corrected chi connectivity index (χ0v) is 13.5. The number of aromatic nitrogens is 1. The molecule has 0 radical (unpaired) electrons. The summed E-state index contributed by atoms with van der Waals surface area (Å²) in [5.41, 5.74) is 3.16. The third kappa shape index (κ3) is 2.66. The number of fused-ring (bicyclic) bond motifs is 1. The van der Waals surface area contributed by atoms with Crippen molar-refractivity contribution in [2.75, 3.05) is 4.90 Å². The van der Waals surface area contributed by atoms with Gasteiger partial charge in [0.1, 0.15) is 0 Å². The van der Waals surface area contributed by atoms with Gasteiger partial charge in [0.25, 0.3) is 5.91 Å². The fourth-order valence-corrected chi connectivity index (χ4v) is 3.21. The molecule has 1 aliphatic heterocycles. The van der Waals surface area contributed by atoms with Crippen LogP contribution in [0.5, 0.6) is 0 Å². The highest BCUT2D eigenvalue weighted by atomic mass is 16.2. The van der Waals surface area contributed by atoms with E-state index in [0.29, 0.717) is 17.3 Å². The second-order valence-electron chi connectivity index (χ2n) is 6.51. The van der Waals surface area contributed by atoms with Crippen LogP contribution in [-0.4, -0.2) is 22.8 Å². The molecule has 2 amide bonds. The van der Waals surface area contributed by atoms with Crippen LogP contribution < -0.4 is 10.2 Å². The third-order valence-corrected chi connectivity index (χ3v) is 4.52. The Hall–Kier alpha value is -2.69. The number of rotatable bonds is 4. The number of nitrogens with one attached hydrogen (secondary N) is 1. The average molecular weight is 321 g/mol. The second-order valence-corrected chi connectivity index (χ2v) is 6.51. The predicted molar refractivity (Wildman–Crippen MR) is 90.7 cm³/mol. The lowest BCUT2D eigenvalue weighted by molar-refractivity contribution is -0.121. The van der Waals surface area contributed by atoms with Crippen LogP contribution in [0.4, 0.5) is 5.69 Å². The molecule has 5 nitrogen and oxygen atoms in total. The standard InChI is InChI=1S/C19H19N3O2/c1-12-4-2-5-14(10-12)22-16(11-17(23)21-13-7-8-13)18-15(19(22)24)6-3-9-20-18/h2-6,9-10,13,16H,7-8,11H2,1H3,(H,21,23). The highest BCUT2D eigenvalue weighted by Crippen LogP contribution is 2.38. The van der Waals surface area contributed by atoms with Crippen molar-refractivity contribution in [3.05, 3.63) is 59.4 Å². The number of carbonyl (C=O) groups is 2. The quantitative estimate of drug-likeness (QED) is 0.942. The number of anilines is 1. The summed E-state index contributed by atoms with van der Waals surface area (Å²) < 4.78 is 0. The van der Waals surface area contributed by atoms with Crippen molar-refractivity contribution in [2.24, 2.45) is 0 Å². The van der Waals surface area contributed by atoms with Crippen LogP contribution in [0.1, 0.15) is 46.9 Å². The Bertz CT molecular complexity index is 814. The molecule has 24 heavy (non-hydrogen) atoms. The number of pyridine rings is 1. The lowest BCUT2D eigenvalue weighted by Gasteiger charge is -2.25. The normalized spacial score (nSPS) is 19.3. The molecule has 122 valence electrons. The molecule has 1 fully saturated rings. The van der Waals surface area contributed by atoms with Crippen molar-refractivity contribution in [1.29, 1.82) is 0 Å². The van der Waals surface area contributed by atoms with E-state index in [2.05, 4.69) is 10.3 Å². The molecule has 1 aromatic carbocycles. The average Bonchev–Trinajstić information content (AvgIpc) is 3.33. The number of amides is 2. The molecule has 0 spiro atoms. The summed E-state index contributed by atoms with van der Waals surface area (Å²) in [6.45, 7) is 1.99. The smallest absolute Gasteiger partial charge is 0.260 e. The highest BCUT2D eigenvalue weighted by molar-refractivity contribution is 6.11. The monoisotopic (exact) mass is 321 g/mol. The summed E-state index contributed by atoms with van der Waals surface area (Å²) in [4.78, 5) is 31.3. The fraction of sp³-hybridized carbons (Fsp3) is 0.316. The molecule has 0 bridgehead atoms. The molecule has 1 atom stereocenters. The Morgan fingerprint density at radius 1 is 1.29 bits per heavy atom. The summed E-state index contributed by atoms with van der Waals surface area (Å²) in [5, 5.41) is 3.01. The maximum Gasteiger partial charge on any atom is 0.260 e. The molecule has 2 aromatic rings. The number of aryl methyl sites for hydroxylation is 1. The van der Waals surface area contributed by atoms with Gasteiger partial charge in [0.2, 0.25) is 5.91 Å². The van der Waals surface area contributed by atoms with Gasteiger partial charge in [0.15, 0.2) is 0 Å². The van der Waals surface area contributed by atoms with E-state index in [1.165, 1.54) is 0 Å². The van der Waals surface area contributed by atoms with E-state index in [-0.39, 0.29) is 24.3 Å². The Labute approximate surface area is 140 Å². The molecule has 1 aliphatic carbocycles. The number of carbonyl (C=O) groups excluding carboxylic acids is 2. The van der Waals surface area contributed by atoms with Crippen molar-refractivity contribution in [3.8, 4) is 0 Å². The van der Waals surface area contributed by atoms with Crippen LogP contribution in [0.2, 0.25) is 0 Å². The molecule has 2 heterocycles. The van der Waals surface area contributed by atoms with Crippen molar-refractivity contribution in [1.82, 2.24) is 10.3 Å². The highest BCUT2D eigenvalue weighted by Gasteiger charge is 2.40. The minimum Gasteiger partial charge on any atom is -0.353 e. The van der Waals surface area contributed by atoms with Crippen molar-refractivity contribution in [2.45, 2.75) is 38.3 Å². The molecule has 5 heteroatoms. The van der Waals surface area contributed by atoms with Crippen LogP contribution in [0, 0.1) is 6.92 Å². The SMILES string of the molecule is Cc1cccc(N2C(=O)c3cccnc3C2CC(=O)NC2CC2)c1. The number of nitrogens with zero attached hydrogens (tertiary/aromatic N) is 2. The minimum atomic E-state index is -0.353. The van der Waals surface area contributed by atoms with Gasteiger partial charge in [-0.25, -0.2) is 0 Å². The largest absolute Gasteiger partial charge is 0.353 e. The number of benzene rings is 1. The zero-order valence-electron chi connectivity index (χ0n) is 13.5. The first-order chi connectivity index (χ1) is 11.6. The van der Waals surface area contributed by atoms with Crippen LogP contribution in [0.3, 0.4) is 0 Å². The van der Waals surface area contributed by atoms with E-state index in [0.717, 1.165) is 24.1 Å². The van der Waals surface area contributed by atoms with Crippen LogP contribution in [-0.2, 0) is 4.79 Å². The van der Waals surface area contributed by atoms with E-state index < -0.39 is 0 Å². The van der Waals surface area contributed by atoms with E-state index >= 15 is 0 Å². The molecular formula is C19H19N3O2. The van der Waals surface area contributed by atoms with E-state index in [4.69, 9.17) is 0 Å². The van der Waals surface area contributed by atoms with Gasteiger partial charge in [-0.2, -0.15) is 0 Å². The van der Waals surface area contributed by atoms with E-state index in [1.807, 2.05) is 31.2 Å². The first kappa shape index (κ1) is 14.9. The summed E-state index contributed by atoms with van der Waals surface area (Å²) >= 11 is 0. The first-order valence-electron chi connectivity index (χ1n) is 8.28. The second kappa shape index (κ2) is 5.74. The van der Waals surface area contributed by atoms with Gasteiger partial charge in [0, 0.05) is 17.9 Å². The topological polar surface area (TPSA) is 62.3 Å². The zero-order chi connectivity index (χ0) is 16.7. The van der Waals surface area contributed by atoms with Crippen molar-refractivity contribution >= 4 is 17.5 Å². The Morgan fingerprint density at radius 3 is 2.88 bits per heavy atom. The van der Waals surface area contributed by atoms with Gasteiger partial charge in [-0.1, -0.05) is 12.1 Å². The van der Waals surface area contributed by atoms with Gasteiger partial charge in [-0.15, -0.1) is 0 Å². The summed E-state index contributed by atoms with van der Waals surface area (Å²) in [6, 6.07) is 11.3. The fourth-order valence-electron chi connectivity index (χ4n) is 3.21. The Morgan fingerprint density at radius 2 is 2.12 bits per heavy atom. The maximum atomic E-state index is 12.9. The summed E-state index contributed by atoms with van der Waals surface area (Å²) in [6.07, 6.45) is 4.01. The molecular weight excluding hydrogens is 302 g/mol. The lowest BCUT2D eigenvalue weighted by Crippen LogP contribution is -2.33. The molecule has 1 unspecified atom stereocenters. The van der Waals surface area contributed by atoms with Crippen molar-refractivity contribution in [3.63, 3.8) is 0 Å². The molecule has 1 N–H and O–H groups in total. The van der Waals surface area contributed by atoms with Crippen molar-refractivity contribution < 1.29 is 9.59 Å². The summed E-state index contributed by atoms with van der Waals surface area (Å²) in [7, 11) is 0. The van der Waals surface area contributed by atoms with E-state index in [1.54, 1.807) is 23.2 Å². The van der Waals surface area contributed by atoms with Crippen LogP contribution in [0.15, 0.2) is 42.6 Å². The molecule has 4 rings (SSSR count). The Kier molecular flexibility index (Phi) is 3.56.